The van der Waals surface area contributed by atoms with Gasteiger partial charge >= 0.3 is 0 Å². The Hall–Kier alpha value is 0.760. The third kappa shape index (κ3) is 2.42. The molecule has 1 aliphatic heterocycles. The van der Waals surface area contributed by atoms with E-state index in [1.54, 1.807) is 0 Å². The molecule has 2 atom stereocenters. The van der Waals surface area contributed by atoms with Crippen LogP contribution in [0.2, 0.25) is 0 Å². The van der Waals surface area contributed by atoms with E-state index >= 15 is 0 Å². The predicted octanol–water partition coefficient (Wildman–Crippen LogP) is 2.86. The molecule has 0 radical (unpaired) electrons. The maximum Gasteiger partial charge on any atom is 0.113 e. The Bertz CT molecular complexity index is 93.6. The number of hydrogen-bond acceptors (Lipinski definition) is 1. The highest BCUT2D eigenvalue weighted by molar-refractivity contribution is 9.09. The first-order valence-corrected chi connectivity index (χ1v) is 5.90. The summed E-state index contributed by atoms with van der Waals surface area (Å²) in [5.74, 6) is 2.57. The summed E-state index contributed by atoms with van der Waals surface area (Å²) in [6, 6.07) is 0. The van der Waals surface area contributed by atoms with Crippen LogP contribution in [0.4, 0.5) is 4.39 Å². The normalized spacial score (nSPS) is 30.0. The molecule has 0 aliphatic carbocycles. The second-order valence-electron chi connectivity index (χ2n) is 2.65. The summed E-state index contributed by atoms with van der Waals surface area (Å²) in [5, 5.41) is 0.512. The summed E-state index contributed by atoms with van der Waals surface area (Å²) in [6.07, 6.45) is 1.66. The topological polar surface area (TPSA) is 0 Å². The van der Waals surface area contributed by atoms with Gasteiger partial charge < -0.3 is 0 Å². The van der Waals surface area contributed by atoms with Crippen LogP contribution >= 0.6 is 27.7 Å². The lowest BCUT2D eigenvalue weighted by atomic mass is 10.0. The third-order valence-corrected chi connectivity index (χ3v) is 3.71. The van der Waals surface area contributed by atoms with Gasteiger partial charge in [0.1, 0.15) is 6.17 Å². The summed E-state index contributed by atoms with van der Waals surface area (Å²) in [6.45, 7) is 0. The van der Waals surface area contributed by atoms with E-state index < -0.39 is 6.17 Å². The van der Waals surface area contributed by atoms with Gasteiger partial charge in [-0.15, -0.1) is 0 Å². The Morgan fingerprint density at radius 2 is 2.50 bits per heavy atom. The fraction of sp³-hybridized carbons (Fsp3) is 1.00. The summed E-state index contributed by atoms with van der Waals surface area (Å²) in [7, 11) is 0. The average Bonchev–Trinajstić information content (AvgIpc) is 2.05. The molecule has 0 nitrogen and oxygen atoms in total. The minimum Gasteiger partial charge on any atom is -0.246 e. The van der Waals surface area contributed by atoms with Crippen molar-refractivity contribution >= 4 is 27.7 Å². The molecule has 0 aromatic heterocycles. The van der Waals surface area contributed by atoms with E-state index in [4.69, 9.17) is 0 Å². The summed E-state index contributed by atoms with van der Waals surface area (Å²) in [4.78, 5) is 0. The van der Waals surface area contributed by atoms with Crippen LogP contribution in [0.5, 0.6) is 0 Å². The van der Waals surface area contributed by atoms with Gasteiger partial charge in [-0.3, -0.25) is 0 Å². The minimum absolute atomic E-state index is 0.318. The Morgan fingerprint density at radius 3 is 3.00 bits per heavy atom. The van der Waals surface area contributed by atoms with Gasteiger partial charge in [0.15, 0.2) is 0 Å². The van der Waals surface area contributed by atoms with Crippen molar-refractivity contribution in [1.29, 1.82) is 0 Å². The Labute approximate surface area is 74.1 Å². The first kappa shape index (κ1) is 8.85. The van der Waals surface area contributed by atoms with Crippen LogP contribution < -0.4 is 0 Å². The molecule has 0 aromatic carbocycles. The number of thioether (sulfide) groups is 1. The lowest BCUT2D eigenvalue weighted by molar-refractivity contribution is 0.259. The highest BCUT2D eigenvalue weighted by atomic mass is 79.9. The van der Waals surface area contributed by atoms with E-state index in [0.29, 0.717) is 11.2 Å². The molecule has 1 rings (SSSR count). The monoisotopic (exact) mass is 226 g/mol. The molecule has 1 fully saturated rings. The van der Waals surface area contributed by atoms with Gasteiger partial charge in [0, 0.05) is 5.33 Å². The highest BCUT2D eigenvalue weighted by Gasteiger charge is 2.22. The molecule has 1 aliphatic rings. The van der Waals surface area contributed by atoms with Crippen LogP contribution in [-0.4, -0.2) is 23.0 Å². The van der Waals surface area contributed by atoms with Crippen molar-refractivity contribution < 1.29 is 4.39 Å². The molecule has 0 amide bonds. The SMILES string of the molecule is FC(CBr)C1CCCSC1. The molecular formula is C7H12BrFS. The van der Waals surface area contributed by atoms with E-state index in [9.17, 15) is 4.39 Å². The van der Waals surface area contributed by atoms with Crippen LogP contribution in [0.1, 0.15) is 12.8 Å². The lowest BCUT2D eigenvalue weighted by Crippen LogP contribution is -2.22. The smallest absolute Gasteiger partial charge is 0.113 e. The van der Waals surface area contributed by atoms with Crippen LogP contribution in [0.25, 0.3) is 0 Å². The van der Waals surface area contributed by atoms with E-state index in [1.807, 2.05) is 11.8 Å². The molecule has 0 bridgehead atoms. The van der Waals surface area contributed by atoms with Gasteiger partial charge in [-0.25, -0.2) is 4.39 Å². The number of hydrogen-bond donors (Lipinski definition) is 0. The van der Waals surface area contributed by atoms with Crippen LogP contribution in [0, 0.1) is 5.92 Å². The van der Waals surface area contributed by atoms with Gasteiger partial charge in [0.05, 0.1) is 0 Å². The quantitative estimate of drug-likeness (QED) is 0.653. The number of rotatable bonds is 2. The van der Waals surface area contributed by atoms with Gasteiger partial charge in [-0.05, 0) is 30.3 Å². The zero-order valence-electron chi connectivity index (χ0n) is 5.85. The van der Waals surface area contributed by atoms with Crippen molar-refractivity contribution in [3.63, 3.8) is 0 Å². The van der Waals surface area contributed by atoms with Gasteiger partial charge in [-0.2, -0.15) is 11.8 Å². The van der Waals surface area contributed by atoms with Crippen molar-refractivity contribution in [2.45, 2.75) is 19.0 Å². The van der Waals surface area contributed by atoms with Crippen molar-refractivity contribution in [3.05, 3.63) is 0 Å². The predicted molar refractivity (Wildman–Crippen MR) is 48.7 cm³/mol. The van der Waals surface area contributed by atoms with Gasteiger partial charge in [-0.1, -0.05) is 15.9 Å². The standard InChI is InChI=1S/C7H12BrFS/c8-4-7(9)6-2-1-3-10-5-6/h6-7H,1-5H2. The highest BCUT2D eigenvalue weighted by Crippen LogP contribution is 2.27. The fourth-order valence-corrected chi connectivity index (χ4v) is 2.92. The van der Waals surface area contributed by atoms with E-state index in [2.05, 4.69) is 15.9 Å². The van der Waals surface area contributed by atoms with Crippen LogP contribution in [-0.2, 0) is 0 Å². The Morgan fingerprint density at radius 1 is 1.70 bits per heavy atom. The molecule has 1 saturated heterocycles. The fourth-order valence-electron chi connectivity index (χ4n) is 1.18. The number of alkyl halides is 2. The zero-order chi connectivity index (χ0) is 7.40. The molecule has 0 aromatic rings. The van der Waals surface area contributed by atoms with Crippen LogP contribution in [0.3, 0.4) is 0 Å². The summed E-state index contributed by atoms with van der Waals surface area (Å²) >= 11 is 5.05. The van der Waals surface area contributed by atoms with Crippen molar-refractivity contribution in [2.24, 2.45) is 5.92 Å². The number of halogens is 2. The van der Waals surface area contributed by atoms with Gasteiger partial charge in [0.2, 0.25) is 0 Å². The Balaban J connectivity index is 2.24. The molecule has 0 spiro atoms. The lowest BCUT2D eigenvalue weighted by Gasteiger charge is -2.23. The first-order valence-electron chi connectivity index (χ1n) is 3.62. The summed E-state index contributed by atoms with van der Waals surface area (Å²) < 4.78 is 13.0. The third-order valence-electron chi connectivity index (χ3n) is 1.85. The first-order chi connectivity index (χ1) is 4.84. The maximum absolute atomic E-state index is 13.0. The molecule has 1 heterocycles. The van der Waals surface area contributed by atoms with Crippen molar-refractivity contribution in [1.82, 2.24) is 0 Å². The molecule has 10 heavy (non-hydrogen) atoms. The average molecular weight is 227 g/mol. The van der Waals surface area contributed by atoms with Crippen molar-refractivity contribution in [2.75, 3.05) is 16.8 Å². The molecule has 60 valence electrons. The second kappa shape index (κ2) is 4.60. The van der Waals surface area contributed by atoms with Crippen LogP contribution in [0.15, 0.2) is 0 Å². The zero-order valence-corrected chi connectivity index (χ0v) is 8.26. The molecule has 0 N–H and O–H groups in total. The minimum atomic E-state index is -0.618. The van der Waals surface area contributed by atoms with Gasteiger partial charge in [0.25, 0.3) is 0 Å². The molecular weight excluding hydrogens is 215 g/mol. The maximum atomic E-state index is 13.0. The van der Waals surface area contributed by atoms with Crippen molar-refractivity contribution in [3.8, 4) is 0 Å². The van der Waals surface area contributed by atoms with E-state index in [-0.39, 0.29) is 0 Å². The summed E-state index contributed by atoms with van der Waals surface area (Å²) in [5.41, 5.74) is 0. The molecule has 3 heteroatoms. The van der Waals surface area contributed by atoms with E-state index in [1.165, 1.54) is 12.2 Å². The second-order valence-corrected chi connectivity index (χ2v) is 4.44. The largest absolute Gasteiger partial charge is 0.246 e. The van der Waals surface area contributed by atoms with E-state index in [0.717, 1.165) is 12.2 Å². The molecule has 2 unspecified atom stereocenters. The Kier molecular flexibility index (Phi) is 4.07. The molecule has 0 saturated carbocycles.